The molecule has 1 aliphatic heterocycles. The number of rotatable bonds is 3. The molecule has 1 aliphatic rings. The highest BCUT2D eigenvalue weighted by atomic mass is 19.1. The number of oxazole rings is 1. The predicted octanol–water partition coefficient (Wildman–Crippen LogP) is 1.16. The van der Waals surface area contributed by atoms with Crippen LogP contribution >= 0.6 is 0 Å². The standard InChI is InChI=1S/C11H18FN3O/c1-7-8(2)16-11(14-7)6-15-5-9(12)3-10(15)4-13/h9-10H,3-6,13H2,1-2H3. The van der Waals surface area contributed by atoms with Crippen molar-refractivity contribution >= 4 is 0 Å². The summed E-state index contributed by atoms with van der Waals surface area (Å²) in [5, 5.41) is 0. The summed E-state index contributed by atoms with van der Waals surface area (Å²) in [6, 6.07) is 0.113. The van der Waals surface area contributed by atoms with Crippen LogP contribution in [0.4, 0.5) is 4.39 Å². The van der Waals surface area contributed by atoms with Crippen LogP contribution in [0.3, 0.4) is 0 Å². The van der Waals surface area contributed by atoms with Gasteiger partial charge in [0.15, 0.2) is 0 Å². The molecular formula is C11H18FN3O. The first-order valence-electron chi connectivity index (χ1n) is 5.61. The van der Waals surface area contributed by atoms with E-state index in [0.717, 1.165) is 11.5 Å². The number of hydrogen-bond donors (Lipinski definition) is 1. The molecule has 0 aromatic carbocycles. The largest absolute Gasteiger partial charge is 0.444 e. The fraction of sp³-hybridized carbons (Fsp3) is 0.727. The van der Waals surface area contributed by atoms with Crippen LogP contribution in [0.15, 0.2) is 4.42 Å². The van der Waals surface area contributed by atoms with Gasteiger partial charge in [0.05, 0.1) is 12.2 Å². The van der Waals surface area contributed by atoms with Crippen LogP contribution in [0.2, 0.25) is 0 Å². The first-order valence-corrected chi connectivity index (χ1v) is 5.61. The molecule has 90 valence electrons. The zero-order valence-electron chi connectivity index (χ0n) is 9.74. The normalized spacial score (nSPS) is 26.5. The Balaban J connectivity index is 2.03. The second kappa shape index (κ2) is 4.51. The maximum Gasteiger partial charge on any atom is 0.208 e. The zero-order chi connectivity index (χ0) is 11.7. The molecule has 1 aromatic heterocycles. The van der Waals surface area contributed by atoms with Gasteiger partial charge >= 0.3 is 0 Å². The monoisotopic (exact) mass is 227 g/mol. The maximum atomic E-state index is 13.2. The Bertz CT molecular complexity index is 347. The number of hydrogen-bond acceptors (Lipinski definition) is 4. The smallest absolute Gasteiger partial charge is 0.208 e. The van der Waals surface area contributed by atoms with Crippen LogP contribution in [0.1, 0.15) is 23.8 Å². The van der Waals surface area contributed by atoms with E-state index >= 15 is 0 Å². The Morgan fingerprint density at radius 1 is 1.56 bits per heavy atom. The van der Waals surface area contributed by atoms with Crippen molar-refractivity contribution in [3.63, 3.8) is 0 Å². The van der Waals surface area contributed by atoms with Crippen molar-refractivity contribution in [1.29, 1.82) is 0 Å². The lowest BCUT2D eigenvalue weighted by Crippen LogP contribution is -2.35. The topological polar surface area (TPSA) is 55.3 Å². The molecule has 0 bridgehead atoms. The Morgan fingerprint density at radius 2 is 2.31 bits per heavy atom. The highest BCUT2D eigenvalue weighted by Gasteiger charge is 2.31. The van der Waals surface area contributed by atoms with E-state index in [4.69, 9.17) is 10.2 Å². The Hall–Kier alpha value is -0.940. The second-order valence-electron chi connectivity index (χ2n) is 4.40. The summed E-state index contributed by atoms with van der Waals surface area (Å²) in [5.41, 5.74) is 6.51. The maximum absolute atomic E-state index is 13.2. The average Bonchev–Trinajstić information content (AvgIpc) is 2.72. The van der Waals surface area contributed by atoms with Gasteiger partial charge < -0.3 is 10.2 Å². The van der Waals surface area contributed by atoms with Crippen LogP contribution in [0.5, 0.6) is 0 Å². The average molecular weight is 227 g/mol. The van der Waals surface area contributed by atoms with Gasteiger partial charge in [0.25, 0.3) is 0 Å². The summed E-state index contributed by atoms with van der Waals surface area (Å²) >= 11 is 0. The van der Waals surface area contributed by atoms with Crippen molar-refractivity contribution in [3.8, 4) is 0 Å². The van der Waals surface area contributed by atoms with Crippen LogP contribution in [0.25, 0.3) is 0 Å². The number of aryl methyl sites for hydroxylation is 2. The number of aromatic nitrogens is 1. The van der Waals surface area contributed by atoms with Crippen LogP contribution in [-0.4, -0.2) is 35.2 Å². The fourth-order valence-electron chi connectivity index (χ4n) is 2.14. The molecule has 0 aliphatic carbocycles. The number of likely N-dealkylation sites (tertiary alicyclic amines) is 1. The predicted molar refractivity (Wildman–Crippen MR) is 58.7 cm³/mol. The van der Waals surface area contributed by atoms with Gasteiger partial charge in [-0.2, -0.15) is 0 Å². The molecule has 5 heteroatoms. The summed E-state index contributed by atoms with van der Waals surface area (Å²) < 4.78 is 18.7. The van der Waals surface area contributed by atoms with Gasteiger partial charge in [-0.3, -0.25) is 4.90 Å². The van der Waals surface area contributed by atoms with E-state index in [-0.39, 0.29) is 6.04 Å². The minimum Gasteiger partial charge on any atom is -0.444 e. The Kier molecular flexibility index (Phi) is 3.25. The van der Waals surface area contributed by atoms with Crippen molar-refractivity contribution in [3.05, 3.63) is 17.3 Å². The van der Waals surface area contributed by atoms with E-state index in [0.29, 0.717) is 31.9 Å². The van der Waals surface area contributed by atoms with E-state index < -0.39 is 6.17 Å². The SMILES string of the molecule is Cc1nc(CN2CC(F)CC2CN)oc1C. The first-order chi connectivity index (χ1) is 7.60. The second-order valence-corrected chi connectivity index (χ2v) is 4.40. The quantitative estimate of drug-likeness (QED) is 0.842. The summed E-state index contributed by atoms with van der Waals surface area (Å²) in [5.74, 6) is 1.48. The summed E-state index contributed by atoms with van der Waals surface area (Å²) in [7, 11) is 0. The van der Waals surface area contributed by atoms with Gasteiger partial charge in [-0.15, -0.1) is 0 Å². The van der Waals surface area contributed by atoms with Gasteiger partial charge in [0, 0.05) is 19.1 Å². The summed E-state index contributed by atoms with van der Waals surface area (Å²) in [6.07, 6.45) is -0.250. The summed E-state index contributed by atoms with van der Waals surface area (Å²) in [6.45, 7) is 5.26. The summed E-state index contributed by atoms with van der Waals surface area (Å²) in [4.78, 5) is 6.31. The van der Waals surface area contributed by atoms with Crippen LogP contribution < -0.4 is 5.73 Å². The van der Waals surface area contributed by atoms with E-state index in [1.165, 1.54) is 0 Å². The molecule has 1 aromatic rings. The van der Waals surface area contributed by atoms with Crippen LogP contribution in [0, 0.1) is 13.8 Å². The molecule has 2 unspecified atom stereocenters. The van der Waals surface area contributed by atoms with E-state index in [1.54, 1.807) is 0 Å². The molecule has 4 nitrogen and oxygen atoms in total. The van der Waals surface area contributed by atoms with E-state index in [9.17, 15) is 4.39 Å². The lowest BCUT2D eigenvalue weighted by atomic mass is 10.2. The fourth-order valence-corrected chi connectivity index (χ4v) is 2.14. The molecule has 2 rings (SSSR count). The third-order valence-corrected chi connectivity index (χ3v) is 3.16. The molecule has 1 saturated heterocycles. The minimum absolute atomic E-state index is 0.113. The van der Waals surface area contributed by atoms with E-state index in [1.807, 2.05) is 18.7 Å². The number of nitrogens with zero attached hydrogens (tertiary/aromatic N) is 2. The molecule has 2 N–H and O–H groups in total. The zero-order valence-corrected chi connectivity index (χ0v) is 9.74. The molecule has 0 amide bonds. The molecule has 0 saturated carbocycles. The number of alkyl halides is 1. The number of halogens is 1. The third-order valence-electron chi connectivity index (χ3n) is 3.16. The van der Waals surface area contributed by atoms with Gasteiger partial charge in [0.2, 0.25) is 5.89 Å². The van der Waals surface area contributed by atoms with Crippen molar-refractivity contribution < 1.29 is 8.81 Å². The van der Waals surface area contributed by atoms with Gasteiger partial charge in [-0.1, -0.05) is 0 Å². The Morgan fingerprint density at radius 3 is 2.88 bits per heavy atom. The number of nitrogens with two attached hydrogens (primary N) is 1. The highest BCUT2D eigenvalue weighted by molar-refractivity contribution is 5.05. The molecule has 0 radical (unpaired) electrons. The molecule has 2 heterocycles. The lowest BCUT2D eigenvalue weighted by molar-refractivity contribution is 0.215. The molecule has 0 spiro atoms. The molecular weight excluding hydrogens is 209 g/mol. The van der Waals surface area contributed by atoms with E-state index in [2.05, 4.69) is 4.98 Å². The third kappa shape index (κ3) is 2.25. The lowest BCUT2D eigenvalue weighted by Gasteiger charge is -2.20. The van der Waals surface area contributed by atoms with Gasteiger partial charge in [-0.05, 0) is 20.3 Å². The molecule has 16 heavy (non-hydrogen) atoms. The highest BCUT2D eigenvalue weighted by Crippen LogP contribution is 2.22. The van der Waals surface area contributed by atoms with Crippen molar-refractivity contribution in [1.82, 2.24) is 9.88 Å². The first kappa shape index (κ1) is 11.5. The molecule has 1 fully saturated rings. The van der Waals surface area contributed by atoms with Crippen molar-refractivity contribution in [2.45, 2.75) is 39.0 Å². The molecule has 2 atom stereocenters. The Labute approximate surface area is 94.6 Å². The van der Waals surface area contributed by atoms with Crippen molar-refractivity contribution in [2.75, 3.05) is 13.1 Å². The van der Waals surface area contributed by atoms with Gasteiger partial charge in [-0.25, -0.2) is 9.37 Å². The van der Waals surface area contributed by atoms with Crippen molar-refractivity contribution in [2.24, 2.45) is 5.73 Å². The van der Waals surface area contributed by atoms with Gasteiger partial charge in [0.1, 0.15) is 11.9 Å². The van der Waals surface area contributed by atoms with Crippen LogP contribution in [-0.2, 0) is 6.54 Å². The minimum atomic E-state index is -0.772.